The Labute approximate surface area is 123 Å². The van der Waals surface area contributed by atoms with Crippen LogP contribution >= 0.6 is 0 Å². The molecule has 1 aromatic carbocycles. The number of benzene rings is 1. The van der Waals surface area contributed by atoms with E-state index in [-0.39, 0.29) is 23.3 Å². The lowest BCUT2D eigenvalue weighted by Crippen LogP contribution is -2.23. The van der Waals surface area contributed by atoms with E-state index in [1.54, 1.807) is 36.7 Å². The first kappa shape index (κ1) is 14.9. The summed E-state index contributed by atoms with van der Waals surface area (Å²) in [5.41, 5.74) is 2.51. The van der Waals surface area contributed by atoms with Crippen LogP contribution < -0.4 is 5.32 Å². The van der Waals surface area contributed by atoms with Gasteiger partial charge < -0.3 is 5.32 Å². The number of allylic oxidation sites excluding steroid dienone is 2. The Morgan fingerprint density at radius 2 is 1.29 bits per heavy atom. The average molecular weight is 283 g/mol. The molecule has 1 heterocycles. The summed E-state index contributed by atoms with van der Waals surface area (Å²) >= 11 is 0. The summed E-state index contributed by atoms with van der Waals surface area (Å²) in [6.07, 6.45) is 3.25. The first-order chi connectivity index (χ1) is 9.91. The summed E-state index contributed by atoms with van der Waals surface area (Å²) < 4.78 is 0. The van der Waals surface area contributed by atoms with E-state index in [9.17, 15) is 14.4 Å². The molecule has 0 atom stereocenters. The van der Waals surface area contributed by atoms with E-state index in [4.69, 9.17) is 0 Å². The number of Topliss-reactive ketones (excluding diaryl/α,β-unsaturated/α-hetero) is 3. The maximum Gasteiger partial charge on any atom is 0.159 e. The molecule has 1 aromatic rings. The van der Waals surface area contributed by atoms with Crippen LogP contribution in [0.25, 0.3) is 0 Å². The molecular formula is C17H17NO3. The lowest BCUT2D eigenvalue weighted by Gasteiger charge is -2.24. The molecule has 108 valence electrons. The maximum atomic E-state index is 11.8. The molecule has 0 spiro atoms. The van der Waals surface area contributed by atoms with Crippen molar-refractivity contribution in [1.82, 2.24) is 5.32 Å². The fraction of sp³-hybridized carbons (Fsp3) is 0.235. The molecule has 4 nitrogen and oxygen atoms in total. The molecule has 1 aliphatic heterocycles. The number of dihydropyridines is 1. The topological polar surface area (TPSA) is 63.2 Å². The van der Waals surface area contributed by atoms with Crippen molar-refractivity contribution in [1.29, 1.82) is 0 Å². The minimum absolute atomic E-state index is 0.0171. The third-order valence-corrected chi connectivity index (χ3v) is 3.56. The van der Waals surface area contributed by atoms with Crippen LogP contribution in [-0.2, 0) is 9.59 Å². The molecular weight excluding hydrogens is 266 g/mol. The third-order valence-electron chi connectivity index (χ3n) is 3.56. The second kappa shape index (κ2) is 5.87. The van der Waals surface area contributed by atoms with Crippen molar-refractivity contribution in [2.24, 2.45) is 0 Å². The van der Waals surface area contributed by atoms with Crippen molar-refractivity contribution in [3.05, 3.63) is 58.9 Å². The largest absolute Gasteiger partial charge is 0.367 e. The quantitative estimate of drug-likeness (QED) is 0.862. The average Bonchev–Trinajstić information content (AvgIpc) is 2.46. The molecule has 0 radical (unpaired) electrons. The van der Waals surface area contributed by atoms with Gasteiger partial charge in [0.05, 0.1) is 0 Å². The van der Waals surface area contributed by atoms with Crippen LogP contribution in [0.3, 0.4) is 0 Å². The highest BCUT2D eigenvalue weighted by molar-refractivity contribution is 6.02. The zero-order valence-electron chi connectivity index (χ0n) is 12.3. The molecule has 0 saturated carbocycles. The van der Waals surface area contributed by atoms with E-state index in [0.29, 0.717) is 16.7 Å². The van der Waals surface area contributed by atoms with E-state index in [1.807, 2.05) is 0 Å². The smallest absolute Gasteiger partial charge is 0.159 e. The third kappa shape index (κ3) is 2.99. The van der Waals surface area contributed by atoms with Crippen molar-refractivity contribution < 1.29 is 14.4 Å². The molecule has 0 aliphatic carbocycles. The number of carbonyl (C=O) groups is 3. The van der Waals surface area contributed by atoms with Crippen molar-refractivity contribution in [2.45, 2.75) is 26.7 Å². The van der Waals surface area contributed by atoms with Gasteiger partial charge in [0.25, 0.3) is 0 Å². The first-order valence-corrected chi connectivity index (χ1v) is 6.70. The van der Waals surface area contributed by atoms with E-state index in [1.165, 1.54) is 20.8 Å². The number of ketones is 3. The Balaban J connectivity index is 2.48. The number of hydrogen-bond acceptors (Lipinski definition) is 4. The summed E-state index contributed by atoms with van der Waals surface area (Å²) in [6, 6.07) is 7.02. The van der Waals surface area contributed by atoms with Gasteiger partial charge in [-0.15, -0.1) is 0 Å². The van der Waals surface area contributed by atoms with Gasteiger partial charge in [-0.1, -0.05) is 24.3 Å². The van der Waals surface area contributed by atoms with Gasteiger partial charge in [0.2, 0.25) is 0 Å². The Kier molecular flexibility index (Phi) is 4.17. The Morgan fingerprint density at radius 3 is 1.67 bits per heavy atom. The van der Waals surface area contributed by atoms with Gasteiger partial charge in [-0.3, -0.25) is 14.4 Å². The number of hydrogen-bond donors (Lipinski definition) is 1. The second-order valence-electron chi connectivity index (χ2n) is 5.09. The van der Waals surface area contributed by atoms with Gasteiger partial charge in [-0.25, -0.2) is 0 Å². The van der Waals surface area contributed by atoms with Crippen LogP contribution in [0.15, 0.2) is 47.8 Å². The molecule has 1 N–H and O–H groups in total. The van der Waals surface area contributed by atoms with Crippen LogP contribution in [0.2, 0.25) is 0 Å². The van der Waals surface area contributed by atoms with Gasteiger partial charge in [-0.2, -0.15) is 0 Å². The zero-order chi connectivity index (χ0) is 15.6. The summed E-state index contributed by atoms with van der Waals surface area (Å²) in [4.78, 5) is 35.0. The summed E-state index contributed by atoms with van der Waals surface area (Å²) in [5, 5.41) is 2.86. The molecule has 21 heavy (non-hydrogen) atoms. The SMILES string of the molecule is CC(=O)C1=CNC=C(C(C)=O)C1c1ccc(C(C)=O)cc1. The highest BCUT2D eigenvalue weighted by atomic mass is 16.1. The minimum atomic E-state index is -0.387. The van der Waals surface area contributed by atoms with E-state index in [0.717, 1.165) is 5.56 Å². The molecule has 0 saturated heterocycles. The second-order valence-corrected chi connectivity index (χ2v) is 5.09. The molecule has 0 bridgehead atoms. The normalized spacial score (nSPS) is 14.8. The van der Waals surface area contributed by atoms with Gasteiger partial charge in [0, 0.05) is 35.0 Å². The van der Waals surface area contributed by atoms with Crippen molar-refractivity contribution >= 4 is 17.3 Å². The summed E-state index contributed by atoms with van der Waals surface area (Å²) in [6.45, 7) is 4.46. The van der Waals surface area contributed by atoms with Crippen molar-refractivity contribution in [3.63, 3.8) is 0 Å². The molecule has 0 unspecified atom stereocenters. The molecule has 0 aromatic heterocycles. The highest BCUT2D eigenvalue weighted by Gasteiger charge is 2.28. The van der Waals surface area contributed by atoms with E-state index < -0.39 is 0 Å². The summed E-state index contributed by atoms with van der Waals surface area (Å²) in [7, 11) is 0. The Morgan fingerprint density at radius 1 is 0.810 bits per heavy atom. The molecule has 0 fully saturated rings. The molecule has 2 rings (SSSR count). The zero-order valence-corrected chi connectivity index (χ0v) is 12.3. The van der Waals surface area contributed by atoms with Crippen molar-refractivity contribution in [3.8, 4) is 0 Å². The lowest BCUT2D eigenvalue weighted by molar-refractivity contribution is -0.114. The standard InChI is InChI=1S/C17H17NO3/c1-10(19)13-4-6-14(7-5-13)17-15(11(2)20)8-18-9-16(17)12(3)21/h4-9,17-18H,1-3H3. The minimum Gasteiger partial charge on any atom is -0.367 e. The van der Waals surface area contributed by atoms with Gasteiger partial charge >= 0.3 is 0 Å². The summed E-state index contributed by atoms with van der Waals surface area (Å²) in [5.74, 6) is -0.580. The fourth-order valence-corrected chi connectivity index (χ4v) is 2.43. The monoisotopic (exact) mass is 283 g/mol. The molecule has 1 aliphatic rings. The predicted molar refractivity (Wildman–Crippen MR) is 79.9 cm³/mol. The Bertz CT molecular complexity index is 636. The van der Waals surface area contributed by atoms with Crippen LogP contribution in [-0.4, -0.2) is 17.3 Å². The van der Waals surface area contributed by atoms with Crippen LogP contribution in [0.4, 0.5) is 0 Å². The van der Waals surface area contributed by atoms with Crippen LogP contribution in [0.1, 0.15) is 42.6 Å². The number of nitrogens with one attached hydrogen (secondary N) is 1. The first-order valence-electron chi connectivity index (χ1n) is 6.70. The Hall–Kier alpha value is -2.49. The lowest BCUT2D eigenvalue weighted by atomic mass is 9.80. The fourth-order valence-electron chi connectivity index (χ4n) is 2.43. The number of carbonyl (C=O) groups excluding carboxylic acids is 3. The van der Waals surface area contributed by atoms with Gasteiger partial charge in [-0.05, 0) is 26.3 Å². The van der Waals surface area contributed by atoms with Crippen LogP contribution in [0, 0.1) is 0 Å². The van der Waals surface area contributed by atoms with Crippen LogP contribution in [0.5, 0.6) is 0 Å². The van der Waals surface area contributed by atoms with Crippen molar-refractivity contribution in [2.75, 3.05) is 0 Å². The molecule has 0 amide bonds. The van der Waals surface area contributed by atoms with E-state index >= 15 is 0 Å². The van der Waals surface area contributed by atoms with E-state index in [2.05, 4.69) is 5.32 Å². The maximum absolute atomic E-state index is 11.8. The highest BCUT2D eigenvalue weighted by Crippen LogP contribution is 2.34. The predicted octanol–water partition coefficient (Wildman–Crippen LogP) is 2.52. The molecule has 4 heteroatoms. The van der Waals surface area contributed by atoms with Gasteiger partial charge in [0.15, 0.2) is 17.3 Å². The van der Waals surface area contributed by atoms with Gasteiger partial charge in [0.1, 0.15) is 0 Å². The number of rotatable bonds is 4.